The van der Waals surface area contributed by atoms with E-state index in [0.717, 1.165) is 16.8 Å². The molecule has 2 unspecified atom stereocenters. The van der Waals surface area contributed by atoms with Crippen LogP contribution in [0.15, 0.2) is 65.4 Å². The highest BCUT2D eigenvalue weighted by atomic mass is 16.3. The Bertz CT molecular complexity index is 1140. The van der Waals surface area contributed by atoms with Gasteiger partial charge >= 0.3 is 6.03 Å². The molecule has 3 aliphatic rings. The standard InChI is InChI=1S/C23H23N5O3/c1-14-8-10-16(11-9-14)13-27-21(30)19-20(25(3)23(27)31)24-22-26(19)12-15(2)28(22)17-6-4-5-7-18(17)29/h4-12,19-20,29H,13H2,1-3H3. The molecule has 3 aliphatic heterocycles. The second-order valence-corrected chi connectivity index (χ2v) is 8.09. The molecule has 8 heteroatoms. The summed E-state index contributed by atoms with van der Waals surface area (Å²) in [5, 5.41) is 10.4. The maximum atomic E-state index is 13.5. The zero-order valence-corrected chi connectivity index (χ0v) is 17.6. The maximum Gasteiger partial charge on any atom is 0.328 e. The van der Waals surface area contributed by atoms with E-state index in [4.69, 9.17) is 4.99 Å². The number of phenols is 1. The van der Waals surface area contributed by atoms with E-state index in [9.17, 15) is 14.7 Å². The average molecular weight is 417 g/mol. The number of carbonyl (C=O) groups excluding carboxylic acids is 2. The molecular weight excluding hydrogens is 394 g/mol. The van der Waals surface area contributed by atoms with Crippen LogP contribution in [-0.2, 0) is 11.3 Å². The smallest absolute Gasteiger partial charge is 0.328 e. The van der Waals surface area contributed by atoms with Crippen molar-refractivity contribution in [2.75, 3.05) is 11.9 Å². The van der Waals surface area contributed by atoms with Crippen LogP contribution in [0.4, 0.5) is 10.5 Å². The van der Waals surface area contributed by atoms with Crippen LogP contribution in [-0.4, -0.2) is 57.0 Å². The van der Waals surface area contributed by atoms with Crippen LogP contribution in [0.2, 0.25) is 0 Å². The monoisotopic (exact) mass is 417 g/mol. The third-order valence-corrected chi connectivity index (χ3v) is 5.97. The zero-order valence-electron chi connectivity index (χ0n) is 17.6. The Hall–Kier alpha value is -3.81. The number of aliphatic imine (C=N–C) groups is 1. The number of allylic oxidation sites excluding steroid dienone is 1. The molecule has 0 aromatic heterocycles. The number of hydrogen-bond acceptors (Lipinski definition) is 6. The molecule has 1 fully saturated rings. The van der Waals surface area contributed by atoms with Crippen LogP contribution in [0.5, 0.6) is 5.75 Å². The Morgan fingerprint density at radius 1 is 1.03 bits per heavy atom. The summed E-state index contributed by atoms with van der Waals surface area (Å²) in [4.78, 5) is 37.6. The number of para-hydroxylation sites is 2. The van der Waals surface area contributed by atoms with E-state index in [1.165, 1.54) is 9.80 Å². The highest BCUT2D eigenvalue weighted by Crippen LogP contribution is 2.39. The van der Waals surface area contributed by atoms with Crippen LogP contribution in [0.3, 0.4) is 0 Å². The van der Waals surface area contributed by atoms with Gasteiger partial charge in [0.2, 0.25) is 5.96 Å². The van der Waals surface area contributed by atoms with Gasteiger partial charge in [0.05, 0.1) is 12.2 Å². The highest BCUT2D eigenvalue weighted by Gasteiger charge is 2.54. The van der Waals surface area contributed by atoms with Gasteiger partial charge in [-0.15, -0.1) is 0 Å². The van der Waals surface area contributed by atoms with Crippen molar-refractivity contribution in [3.05, 3.63) is 71.6 Å². The van der Waals surface area contributed by atoms with Gasteiger partial charge in [-0.25, -0.2) is 9.79 Å². The zero-order chi connectivity index (χ0) is 21.9. The molecule has 2 atom stereocenters. The molecule has 3 heterocycles. The highest BCUT2D eigenvalue weighted by molar-refractivity contribution is 6.10. The molecule has 0 bridgehead atoms. The predicted octanol–water partition coefficient (Wildman–Crippen LogP) is 2.84. The fourth-order valence-corrected chi connectivity index (χ4v) is 4.33. The lowest BCUT2D eigenvalue weighted by Crippen LogP contribution is -2.63. The Kier molecular flexibility index (Phi) is 4.25. The number of aryl methyl sites for hydroxylation is 1. The Morgan fingerprint density at radius 3 is 2.45 bits per heavy atom. The second kappa shape index (κ2) is 6.87. The quantitative estimate of drug-likeness (QED) is 0.831. The molecule has 31 heavy (non-hydrogen) atoms. The fraction of sp³-hybridized carbons (Fsp3) is 0.261. The van der Waals surface area contributed by atoms with Crippen molar-refractivity contribution >= 4 is 23.6 Å². The lowest BCUT2D eigenvalue weighted by molar-refractivity contribution is -0.137. The topological polar surface area (TPSA) is 79.7 Å². The molecule has 5 rings (SSSR count). The number of carbonyl (C=O) groups is 2. The molecule has 0 aliphatic carbocycles. The number of likely N-dealkylation sites (N-methyl/N-ethyl adjacent to an activating group) is 1. The number of nitrogens with zero attached hydrogens (tertiary/aromatic N) is 5. The van der Waals surface area contributed by atoms with Crippen molar-refractivity contribution in [3.8, 4) is 5.75 Å². The van der Waals surface area contributed by atoms with Crippen LogP contribution >= 0.6 is 0 Å². The van der Waals surface area contributed by atoms with Gasteiger partial charge in [-0.3, -0.25) is 14.6 Å². The molecule has 3 amide bonds. The number of fused-ring (bicyclic) bond motifs is 3. The molecule has 1 N–H and O–H groups in total. The van der Waals surface area contributed by atoms with Crippen molar-refractivity contribution in [2.24, 2.45) is 4.99 Å². The SMILES string of the molecule is CC1=CN2C(=NC3C2C(=O)N(Cc2ccc(C)cc2)C(=O)N3C)N1c1ccccc1O. The maximum absolute atomic E-state index is 13.5. The first-order valence-electron chi connectivity index (χ1n) is 10.1. The summed E-state index contributed by atoms with van der Waals surface area (Å²) in [7, 11) is 1.67. The van der Waals surface area contributed by atoms with Gasteiger partial charge in [-0.1, -0.05) is 42.0 Å². The summed E-state index contributed by atoms with van der Waals surface area (Å²) in [6, 6.07) is 13.8. The first-order chi connectivity index (χ1) is 14.9. The van der Waals surface area contributed by atoms with Crippen molar-refractivity contribution in [1.29, 1.82) is 0 Å². The van der Waals surface area contributed by atoms with E-state index in [2.05, 4.69) is 0 Å². The first-order valence-corrected chi connectivity index (χ1v) is 10.1. The largest absolute Gasteiger partial charge is 0.506 e. The first kappa shape index (κ1) is 19.2. The number of hydrogen-bond donors (Lipinski definition) is 1. The predicted molar refractivity (Wildman–Crippen MR) is 116 cm³/mol. The Morgan fingerprint density at radius 2 is 1.74 bits per heavy atom. The van der Waals surface area contributed by atoms with Gasteiger partial charge in [-0.05, 0) is 31.5 Å². The van der Waals surface area contributed by atoms with Gasteiger partial charge in [0.1, 0.15) is 5.75 Å². The minimum Gasteiger partial charge on any atom is -0.506 e. The normalized spacial score (nSPS) is 22.5. The number of rotatable bonds is 3. The lowest BCUT2D eigenvalue weighted by Gasteiger charge is -2.40. The average Bonchev–Trinajstić information content (AvgIpc) is 3.26. The number of aromatic hydroxyl groups is 1. The number of urea groups is 1. The van der Waals surface area contributed by atoms with E-state index in [1.54, 1.807) is 30.1 Å². The molecule has 1 saturated heterocycles. The molecule has 0 saturated carbocycles. The van der Waals surface area contributed by atoms with Gasteiger partial charge in [0.15, 0.2) is 12.2 Å². The van der Waals surface area contributed by atoms with E-state index in [0.29, 0.717) is 11.6 Å². The molecule has 0 radical (unpaired) electrons. The summed E-state index contributed by atoms with van der Waals surface area (Å²) in [6.07, 6.45) is 1.23. The summed E-state index contributed by atoms with van der Waals surface area (Å²) in [6.45, 7) is 4.10. The molecule has 158 valence electrons. The molecule has 0 spiro atoms. The van der Waals surface area contributed by atoms with Crippen molar-refractivity contribution in [1.82, 2.24) is 14.7 Å². The van der Waals surface area contributed by atoms with Gasteiger partial charge in [-0.2, -0.15) is 0 Å². The second-order valence-electron chi connectivity index (χ2n) is 8.09. The van der Waals surface area contributed by atoms with Crippen LogP contribution in [0, 0.1) is 6.92 Å². The number of amides is 3. The number of benzene rings is 2. The molecule has 8 nitrogen and oxygen atoms in total. The minimum atomic E-state index is -0.644. The molecule has 2 aromatic carbocycles. The van der Waals surface area contributed by atoms with E-state index < -0.39 is 12.2 Å². The third-order valence-electron chi connectivity index (χ3n) is 5.97. The van der Waals surface area contributed by atoms with Crippen LogP contribution < -0.4 is 4.90 Å². The number of guanidine groups is 1. The van der Waals surface area contributed by atoms with Crippen LogP contribution in [0.25, 0.3) is 0 Å². The Balaban J connectivity index is 1.48. The van der Waals surface area contributed by atoms with E-state index in [-0.39, 0.29) is 24.2 Å². The van der Waals surface area contributed by atoms with Crippen molar-refractivity contribution in [2.45, 2.75) is 32.6 Å². The van der Waals surface area contributed by atoms with Crippen LogP contribution in [0.1, 0.15) is 18.1 Å². The summed E-state index contributed by atoms with van der Waals surface area (Å²) in [5.41, 5.74) is 3.42. The summed E-state index contributed by atoms with van der Waals surface area (Å²) < 4.78 is 0. The van der Waals surface area contributed by atoms with E-state index in [1.807, 2.05) is 55.3 Å². The minimum absolute atomic E-state index is 0.117. The van der Waals surface area contributed by atoms with E-state index >= 15 is 0 Å². The van der Waals surface area contributed by atoms with Crippen molar-refractivity contribution < 1.29 is 14.7 Å². The van der Waals surface area contributed by atoms with Gasteiger partial charge < -0.3 is 14.9 Å². The third kappa shape index (κ3) is 2.86. The molecule has 2 aromatic rings. The number of imide groups is 1. The summed E-state index contributed by atoms with van der Waals surface area (Å²) >= 11 is 0. The lowest BCUT2D eigenvalue weighted by atomic mass is 10.1. The van der Waals surface area contributed by atoms with Gasteiger partial charge in [0.25, 0.3) is 5.91 Å². The summed E-state index contributed by atoms with van der Waals surface area (Å²) in [5.74, 6) is 0.362. The molecular formula is C23H23N5O3. The van der Waals surface area contributed by atoms with Crippen molar-refractivity contribution in [3.63, 3.8) is 0 Å². The fourth-order valence-electron chi connectivity index (χ4n) is 4.33. The Labute approximate surface area is 180 Å². The number of phenolic OH excluding ortho intramolecular Hbond substituents is 1. The number of anilines is 1. The van der Waals surface area contributed by atoms with Gasteiger partial charge in [0, 0.05) is 18.9 Å².